The second-order valence-electron chi connectivity index (χ2n) is 6.02. The molecule has 0 atom stereocenters. The van der Waals surface area contributed by atoms with Crippen LogP contribution >= 0.6 is 0 Å². The van der Waals surface area contributed by atoms with Gasteiger partial charge in [0.15, 0.2) is 5.82 Å². The van der Waals surface area contributed by atoms with Gasteiger partial charge in [0.2, 0.25) is 5.91 Å². The molecule has 6 nitrogen and oxygen atoms in total. The van der Waals surface area contributed by atoms with Gasteiger partial charge in [0.25, 0.3) is 0 Å². The molecule has 126 valence electrons. The Morgan fingerprint density at radius 3 is 2.62 bits per heavy atom. The summed E-state index contributed by atoms with van der Waals surface area (Å²) < 4.78 is 5.27. The number of anilines is 2. The Bertz CT molecular complexity index is 682. The fraction of sp³-hybridized carbons (Fsp3) is 0.389. The zero-order valence-electron chi connectivity index (χ0n) is 13.8. The van der Waals surface area contributed by atoms with Crippen LogP contribution in [0.5, 0.6) is 0 Å². The molecule has 3 rings (SSSR count). The lowest BCUT2D eigenvalue weighted by molar-refractivity contribution is -0.122. The Morgan fingerprint density at radius 2 is 1.92 bits per heavy atom. The quantitative estimate of drug-likeness (QED) is 0.883. The molecule has 1 fully saturated rings. The largest absolute Gasteiger partial charge is 0.381 e. The third-order valence-electron chi connectivity index (χ3n) is 4.06. The first-order chi connectivity index (χ1) is 11.7. The average molecular weight is 326 g/mol. The summed E-state index contributed by atoms with van der Waals surface area (Å²) in [5.74, 6) is 1.15. The van der Waals surface area contributed by atoms with Crippen LogP contribution in [0.15, 0.2) is 36.4 Å². The van der Waals surface area contributed by atoms with Crippen LogP contribution in [0.3, 0.4) is 0 Å². The topological polar surface area (TPSA) is 76.1 Å². The maximum absolute atomic E-state index is 12.1. The molecule has 24 heavy (non-hydrogen) atoms. The summed E-state index contributed by atoms with van der Waals surface area (Å²) in [4.78, 5) is 12.1. The summed E-state index contributed by atoms with van der Waals surface area (Å²) in [7, 11) is 0. The van der Waals surface area contributed by atoms with E-state index in [2.05, 4.69) is 46.0 Å². The molecule has 1 aromatic carbocycles. The first-order valence-electron chi connectivity index (χ1n) is 8.22. The predicted octanol–water partition coefficient (Wildman–Crippen LogP) is 2.76. The highest BCUT2D eigenvalue weighted by atomic mass is 16.5. The zero-order chi connectivity index (χ0) is 16.8. The second-order valence-corrected chi connectivity index (χ2v) is 6.02. The standard InChI is InChI=1S/C18H22N4O2/c1-13-3-2-4-14(11-13)12-19-16-5-6-17(22-21-16)20-18(23)15-7-9-24-10-8-15/h2-6,11,15H,7-10,12H2,1H3,(H,19,21)(H,20,22,23). The van der Waals surface area contributed by atoms with E-state index in [4.69, 9.17) is 4.74 Å². The molecule has 0 bridgehead atoms. The Kier molecular flexibility index (Phi) is 5.38. The van der Waals surface area contributed by atoms with Crippen molar-refractivity contribution in [3.05, 3.63) is 47.5 Å². The summed E-state index contributed by atoms with van der Waals surface area (Å²) in [6.45, 7) is 4.04. The van der Waals surface area contributed by atoms with Crippen LogP contribution in [0.2, 0.25) is 0 Å². The van der Waals surface area contributed by atoms with Crippen molar-refractivity contribution in [2.45, 2.75) is 26.3 Å². The number of carbonyl (C=O) groups is 1. The van der Waals surface area contributed by atoms with Crippen molar-refractivity contribution in [1.29, 1.82) is 0 Å². The van der Waals surface area contributed by atoms with E-state index in [1.165, 1.54) is 11.1 Å². The van der Waals surface area contributed by atoms with Crippen molar-refractivity contribution < 1.29 is 9.53 Å². The Balaban J connectivity index is 1.52. The minimum Gasteiger partial charge on any atom is -0.381 e. The van der Waals surface area contributed by atoms with Crippen LogP contribution < -0.4 is 10.6 Å². The number of rotatable bonds is 5. The molecule has 0 aliphatic carbocycles. The van der Waals surface area contributed by atoms with E-state index in [-0.39, 0.29) is 11.8 Å². The molecule has 1 amide bonds. The van der Waals surface area contributed by atoms with Crippen molar-refractivity contribution >= 4 is 17.5 Å². The van der Waals surface area contributed by atoms with E-state index in [1.54, 1.807) is 6.07 Å². The van der Waals surface area contributed by atoms with E-state index in [0.717, 1.165) is 12.8 Å². The number of ether oxygens (including phenoxy) is 1. The number of aromatic nitrogens is 2. The van der Waals surface area contributed by atoms with Crippen LogP contribution in [0.4, 0.5) is 11.6 Å². The smallest absolute Gasteiger partial charge is 0.228 e. The lowest BCUT2D eigenvalue weighted by atomic mass is 9.99. The Labute approximate surface area is 141 Å². The van der Waals surface area contributed by atoms with Crippen LogP contribution in [-0.4, -0.2) is 29.3 Å². The van der Waals surface area contributed by atoms with Crippen molar-refractivity contribution in [2.75, 3.05) is 23.8 Å². The number of benzene rings is 1. The normalized spacial score (nSPS) is 15.0. The van der Waals surface area contributed by atoms with Crippen molar-refractivity contribution in [1.82, 2.24) is 10.2 Å². The molecule has 2 N–H and O–H groups in total. The number of aryl methyl sites for hydroxylation is 1. The summed E-state index contributed by atoms with van der Waals surface area (Å²) in [6.07, 6.45) is 1.52. The minimum atomic E-state index is -0.00642. The molecule has 1 saturated heterocycles. The molecule has 0 unspecified atom stereocenters. The number of nitrogens with zero attached hydrogens (tertiary/aromatic N) is 2. The number of hydrogen-bond donors (Lipinski definition) is 2. The predicted molar refractivity (Wildman–Crippen MR) is 92.7 cm³/mol. The average Bonchev–Trinajstić information content (AvgIpc) is 2.62. The van der Waals surface area contributed by atoms with Gasteiger partial charge in [-0.05, 0) is 37.5 Å². The van der Waals surface area contributed by atoms with Crippen molar-refractivity contribution in [3.63, 3.8) is 0 Å². The molecule has 6 heteroatoms. The highest BCUT2D eigenvalue weighted by molar-refractivity contribution is 5.91. The SMILES string of the molecule is Cc1cccc(CNc2ccc(NC(=O)C3CCOCC3)nn2)c1. The highest BCUT2D eigenvalue weighted by Gasteiger charge is 2.21. The van der Waals surface area contributed by atoms with Gasteiger partial charge < -0.3 is 15.4 Å². The molecule has 0 radical (unpaired) electrons. The Hall–Kier alpha value is -2.47. The van der Waals surface area contributed by atoms with E-state index in [9.17, 15) is 4.79 Å². The van der Waals surface area contributed by atoms with E-state index < -0.39 is 0 Å². The third kappa shape index (κ3) is 4.52. The monoisotopic (exact) mass is 326 g/mol. The van der Waals surface area contributed by atoms with Gasteiger partial charge in [0.05, 0.1) is 0 Å². The molecule has 0 spiro atoms. The lowest BCUT2D eigenvalue weighted by Gasteiger charge is -2.20. The summed E-state index contributed by atoms with van der Waals surface area (Å²) >= 11 is 0. The number of amides is 1. The van der Waals surface area contributed by atoms with Crippen LogP contribution in [-0.2, 0) is 16.1 Å². The Morgan fingerprint density at radius 1 is 1.17 bits per heavy atom. The third-order valence-corrected chi connectivity index (χ3v) is 4.06. The fourth-order valence-electron chi connectivity index (χ4n) is 2.70. The van der Waals surface area contributed by atoms with Crippen molar-refractivity contribution in [2.24, 2.45) is 5.92 Å². The zero-order valence-corrected chi connectivity index (χ0v) is 13.8. The van der Waals surface area contributed by atoms with Crippen LogP contribution in [0.25, 0.3) is 0 Å². The van der Waals surface area contributed by atoms with Gasteiger partial charge >= 0.3 is 0 Å². The summed E-state index contributed by atoms with van der Waals surface area (Å²) in [6, 6.07) is 11.9. The first-order valence-corrected chi connectivity index (χ1v) is 8.22. The van der Waals surface area contributed by atoms with Gasteiger partial charge in [0.1, 0.15) is 5.82 Å². The van der Waals surface area contributed by atoms with E-state index >= 15 is 0 Å². The van der Waals surface area contributed by atoms with Gasteiger partial charge in [0, 0.05) is 25.7 Å². The van der Waals surface area contributed by atoms with E-state index in [0.29, 0.717) is 31.4 Å². The van der Waals surface area contributed by atoms with Crippen molar-refractivity contribution in [3.8, 4) is 0 Å². The molecular weight excluding hydrogens is 304 g/mol. The van der Waals surface area contributed by atoms with E-state index in [1.807, 2.05) is 12.1 Å². The highest BCUT2D eigenvalue weighted by Crippen LogP contribution is 2.17. The number of carbonyl (C=O) groups excluding carboxylic acids is 1. The summed E-state index contributed by atoms with van der Waals surface area (Å²) in [5, 5.41) is 14.2. The van der Waals surface area contributed by atoms with Gasteiger partial charge in [-0.1, -0.05) is 29.8 Å². The molecule has 1 aliphatic rings. The minimum absolute atomic E-state index is 0.000304. The fourth-order valence-corrected chi connectivity index (χ4v) is 2.70. The molecule has 0 saturated carbocycles. The maximum atomic E-state index is 12.1. The van der Waals surface area contributed by atoms with Crippen LogP contribution in [0.1, 0.15) is 24.0 Å². The molecule has 1 aliphatic heterocycles. The second kappa shape index (κ2) is 7.88. The number of nitrogens with one attached hydrogen (secondary N) is 2. The number of hydrogen-bond acceptors (Lipinski definition) is 5. The molecule has 2 aromatic rings. The summed E-state index contributed by atoms with van der Waals surface area (Å²) in [5.41, 5.74) is 2.42. The van der Waals surface area contributed by atoms with Gasteiger partial charge in [-0.3, -0.25) is 4.79 Å². The lowest BCUT2D eigenvalue weighted by Crippen LogP contribution is -2.28. The first kappa shape index (κ1) is 16.4. The van der Waals surface area contributed by atoms with Gasteiger partial charge in [-0.25, -0.2) is 0 Å². The molecular formula is C18H22N4O2. The maximum Gasteiger partial charge on any atom is 0.228 e. The molecule has 2 heterocycles. The van der Waals surface area contributed by atoms with Gasteiger partial charge in [-0.2, -0.15) is 0 Å². The van der Waals surface area contributed by atoms with Crippen LogP contribution in [0, 0.1) is 12.8 Å². The van der Waals surface area contributed by atoms with Gasteiger partial charge in [-0.15, -0.1) is 10.2 Å². The molecule has 1 aromatic heterocycles.